The molecule has 4 amide bonds. The number of pyridine rings is 16. The minimum Gasteiger partial charge on any atom is -0.335 e. The maximum absolute atomic E-state index is 12.8. The van der Waals surface area contributed by atoms with Gasteiger partial charge in [-0.05, 0) is 148 Å². The average molecular weight is 1980 g/mol. The highest BCUT2D eigenvalue weighted by molar-refractivity contribution is 6.04. The summed E-state index contributed by atoms with van der Waals surface area (Å²) in [6, 6.07) is 38.7. The van der Waals surface area contributed by atoms with Crippen LogP contribution in [-0.4, -0.2) is 184 Å². The summed E-state index contributed by atoms with van der Waals surface area (Å²) in [5.74, 6) is 3.13. The minimum absolute atomic E-state index is 0.0455. The number of anilines is 4. The Morgan fingerprint density at radius 3 is 0.720 bits per heavy atom. The normalized spacial score (nSPS) is 13.8. The molecular formula is C110H88N36O4. The first-order valence-electron chi connectivity index (χ1n) is 49.3. The van der Waals surface area contributed by atoms with Gasteiger partial charge in [0, 0.05) is 190 Å². The van der Waals surface area contributed by atoms with Gasteiger partial charge in [-0.1, -0.05) is 62.8 Å². The van der Waals surface area contributed by atoms with E-state index in [2.05, 4.69) is 162 Å². The Bertz CT molecular complexity index is 9220. The van der Waals surface area contributed by atoms with Crippen LogP contribution in [0, 0.1) is 23.7 Å². The van der Waals surface area contributed by atoms with E-state index in [4.69, 9.17) is 19.9 Å². The van der Waals surface area contributed by atoms with Gasteiger partial charge in [-0.2, -0.15) is 20.4 Å². The molecule has 0 atom stereocenters. The molecule has 0 unspecified atom stereocenters. The Hall–Kier alpha value is -20.0. The third-order valence-electron chi connectivity index (χ3n) is 27.4. The Morgan fingerprint density at radius 2 is 0.480 bits per heavy atom. The molecule has 4 aliphatic rings. The summed E-state index contributed by atoms with van der Waals surface area (Å²) in [6.07, 6.45) is 56.2. The number of aromatic nitrogens is 32. The van der Waals surface area contributed by atoms with Gasteiger partial charge in [-0.3, -0.25) is 99.4 Å². The number of carbonyl (C=O) groups is 4. The molecule has 4 saturated carbocycles. The number of imidazole rings is 4. The zero-order valence-corrected chi connectivity index (χ0v) is 80.0. The van der Waals surface area contributed by atoms with Gasteiger partial charge in [0.25, 0.3) is 0 Å². The molecule has 28 rings (SSSR count). The number of rotatable bonds is 20. The van der Waals surface area contributed by atoms with Crippen LogP contribution in [0.5, 0.6) is 0 Å². The van der Waals surface area contributed by atoms with Crippen molar-refractivity contribution >= 4 is 135 Å². The fourth-order valence-electron chi connectivity index (χ4n) is 19.2. The largest absolute Gasteiger partial charge is 0.335 e. The van der Waals surface area contributed by atoms with Crippen molar-refractivity contribution in [1.29, 1.82) is 0 Å². The van der Waals surface area contributed by atoms with Crippen molar-refractivity contribution in [2.75, 3.05) is 21.3 Å². The topological polar surface area (TPSA) is 552 Å². The maximum atomic E-state index is 12.8. The van der Waals surface area contributed by atoms with E-state index in [9.17, 15) is 19.2 Å². The first kappa shape index (κ1) is 91.3. The quantitative estimate of drug-likeness (QED) is 0.0337. The lowest BCUT2D eigenvalue weighted by Gasteiger charge is -2.24. The van der Waals surface area contributed by atoms with Crippen molar-refractivity contribution in [2.24, 2.45) is 23.7 Å². The second-order valence-electron chi connectivity index (χ2n) is 37.3. The summed E-state index contributed by atoms with van der Waals surface area (Å²) in [5.41, 5.74) is 27.5. The zero-order chi connectivity index (χ0) is 100. The van der Waals surface area contributed by atoms with E-state index in [1.54, 1.807) is 149 Å². The molecule has 40 nitrogen and oxygen atoms in total. The van der Waals surface area contributed by atoms with Gasteiger partial charge in [0.05, 0.1) is 139 Å². The van der Waals surface area contributed by atoms with E-state index in [-0.39, 0.29) is 47.3 Å². The zero-order valence-electron chi connectivity index (χ0n) is 80.0. The van der Waals surface area contributed by atoms with Gasteiger partial charge in [0.15, 0.2) is 45.9 Å². The molecule has 4 aliphatic carbocycles. The van der Waals surface area contributed by atoms with Crippen LogP contribution < -0.4 is 21.3 Å². The molecule has 40 heteroatoms. The fourth-order valence-corrected chi connectivity index (χ4v) is 19.2. The smallest absolute Gasteiger partial charge is 0.227 e. The second-order valence-corrected chi connectivity index (χ2v) is 37.3. The highest BCUT2D eigenvalue weighted by atomic mass is 16.2. The molecule has 0 saturated heterocycles. The molecule has 0 aliphatic heterocycles. The number of nitrogens with zero attached hydrogens (tertiary/aromatic N) is 24. The molecule has 12 N–H and O–H groups in total. The summed E-state index contributed by atoms with van der Waals surface area (Å²) in [5, 5.41) is 45.1. The molecule has 24 aromatic rings. The highest BCUT2D eigenvalue weighted by Gasteiger charge is 2.32. The van der Waals surface area contributed by atoms with Crippen LogP contribution in [0.2, 0.25) is 0 Å². The third-order valence-corrected chi connectivity index (χ3v) is 27.4. The Balaban J connectivity index is 0.000000104. The summed E-state index contributed by atoms with van der Waals surface area (Å²) in [6.45, 7) is 0. The maximum Gasteiger partial charge on any atom is 0.227 e. The van der Waals surface area contributed by atoms with Gasteiger partial charge in [-0.25, -0.2) is 39.9 Å². The van der Waals surface area contributed by atoms with Crippen LogP contribution in [0.25, 0.3) is 224 Å². The number of amides is 4. The fraction of sp³-hybridized carbons (Fsp3) is 0.164. The number of aromatic amines is 8. The lowest BCUT2D eigenvalue weighted by molar-refractivity contribution is -0.122. The van der Waals surface area contributed by atoms with Crippen LogP contribution in [0.4, 0.5) is 22.7 Å². The summed E-state index contributed by atoms with van der Waals surface area (Å²) in [7, 11) is 0. The highest BCUT2D eigenvalue weighted by Crippen LogP contribution is 2.42. The monoisotopic (exact) mass is 1980 g/mol. The van der Waals surface area contributed by atoms with Crippen molar-refractivity contribution in [3.05, 3.63) is 270 Å². The van der Waals surface area contributed by atoms with Gasteiger partial charge < -0.3 is 41.2 Å². The first-order valence-corrected chi connectivity index (χ1v) is 49.3. The van der Waals surface area contributed by atoms with E-state index in [1.165, 1.54) is 6.42 Å². The molecule has 0 radical (unpaired) electrons. The summed E-state index contributed by atoms with van der Waals surface area (Å²) in [4.78, 5) is 154. The van der Waals surface area contributed by atoms with Crippen molar-refractivity contribution in [2.45, 2.75) is 89.9 Å². The van der Waals surface area contributed by atoms with Crippen LogP contribution in [0.3, 0.4) is 0 Å². The van der Waals surface area contributed by atoms with Crippen molar-refractivity contribution in [3.63, 3.8) is 0 Å². The van der Waals surface area contributed by atoms with Gasteiger partial charge in [0.1, 0.15) is 44.8 Å². The lowest BCUT2D eigenvalue weighted by Crippen LogP contribution is -2.28. The van der Waals surface area contributed by atoms with Crippen molar-refractivity contribution in [3.8, 4) is 136 Å². The molecule has 150 heavy (non-hydrogen) atoms. The second kappa shape index (κ2) is 40.0. The Labute approximate surface area is 849 Å². The van der Waals surface area contributed by atoms with Crippen molar-refractivity contribution in [1.82, 2.24) is 160 Å². The molecule has 0 aromatic carbocycles. The Morgan fingerprint density at radius 1 is 0.240 bits per heavy atom. The summed E-state index contributed by atoms with van der Waals surface area (Å²) < 4.78 is 0. The predicted molar refractivity (Wildman–Crippen MR) is 566 cm³/mol. The molecule has 0 spiro atoms. The SMILES string of the molecule is O=C(Nc1cncc(-c2cnc3n[nH]c(-c4nc5c(-c6ccccn6)cncc5[nH]4)c3c2)c1)C1CC1.O=C(Nc1cncc(-c2cnc3n[nH]c(-c4nc5c(-c6ccccn6)cncc5[nH]4)c3c2)c1)C1CCC1.O=C(Nc1cncc(-c2cnc3n[nH]c(-c4nc5c(-c6ccccn6)cncc5[nH]4)c3c2)c1)C1CCCC1.O=C(Nc1cncc(-c2cnc3n[nH]c(-c4nc5c(-c6ccccn6)cncc5[nH]4)c3c2)c1)C1CCCCC1. The van der Waals surface area contributed by atoms with Crippen LogP contribution in [0.1, 0.15) is 89.9 Å². The lowest BCUT2D eigenvalue weighted by atomic mass is 9.85. The molecular weight excluding hydrogens is 1890 g/mol. The molecule has 24 aromatic heterocycles. The summed E-state index contributed by atoms with van der Waals surface area (Å²) >= 11 is 0. The first-order chi connectivity index (χ1) is 73.9. The molecule has 4 fully saturated rings. The molecule has 732 valence electrons. The minimum atomic E-state index is 0.0455. The number of fused-ring (bicyclic) bond motifs is 8. The average Bonchev–Trinajstić information content (AvgIpc) is 1.62. The van der Waals surface area contributed by atoms with Crippen LogP contribution in [-0.2, 0) is 19.2 Å². The number of hydrogen-bond donors (Lipinski definition) is 12. The van der Waals surface area contributed by atoms with Gasteiger partial charge in [-0.15, -0.1) is 0 Å². The molecule has 0 bridgehead atoms. The number of hydrogen-bond acceptors (Lipinski definition) is 28. The van der Waals surface area contributed by atoms with E-state index in [0.29, 0.717) is 74.3 Å². The number of H-pyrrole nitrogens is 8. The Kier molecular flexibility index (Phi) is 24.3. The van der Waals surface area contributed by atoms with Crippen LogP contribution >= 0.6 is 0 Å². The number of carbonyl (C=O) groups excluding carboxylic acids is 4. The van der Waals surface area contributed by atoms with Gasteiger partial charge in [0.2, 0.25) is 23.6 Å². The van der Waals surface area contributed by atoms with E-state index in [1.807, 2.05) is 121 Å². The van der Waals surface area contributed by atoms with Crippen LogP contribution in [0.15, 0.2) is 270 Å². The molecule has 24 heterocycles. The standard InChI is InChI=1S/C29H25N9O.C28H23N9O.C27H21N9O.C26H19N9O/c39-29(17-6-2-1-3-7-17)34-20-10-18(12-30-14-20)19-11-21-26(37-38-27(21)33-13-19)28-35-24-16-31-15-22(25(24)36-28)23-8-4-5-9-32-23;38-28(16-5-1-2-6-16)33-19-9-17(11-29-13-19)18-10-20-25(36-37-26(20)32-12-18)27-34-23-15-30-14-21(24(23)35-27)22-7-3-4-8-31-22;37-27(15-4-3-5-15)32-18-8-16(10-28-12-18)17-9-19-24(35-36-25(19)31-11-17)26-33-22-14-29-13-20(23(22)34-26)21-6-1-2-7-30-21;36-26(14-4-5-14)31-17-7-15(9-27-11-17)16-8-18-23(34-35-24(18)30-10-16)25-32-21-13-28-12-19(22(21)33-25)20-3-1-2-6-29-20/h4-5,8-17H,1-3,6-7H2,(H,34,39)(H,35,36)(H,33,37,38);3-4,7-16H,1-2,5-6H2,(H,33,38)(H,34,35)(H,32,36,37);1-2,6-15H,3-5H2,(H,32,37)(H,33,34)(H,31,35,36);1-3,6-14H,4-5H2,(H,31,36)(H,32,33)(H,30,34,35). The number of nitrogens with one attached hydrogen (secondary N) is 12. The van der Waals surface area contributed by atoms with Gasteiger partial charge >= 0.3 is 0 Å². The van der Waals surface area contributed by atoms with E-state index in [0.717, 1.165) is 256 Å². The van der Waals surface area contributed by atoms with Crippen molar-refractivity contribution < 1.29 is 19.2 Å². The van der Waals surface area contributed by atoms with E-state index < -0.39 is 0 Å². The predicted octanol–water partition coefficient (Wildman–Crippen LogP) is 19.8. The third kappa shape index (κ3) is 18.7. The van der Waals surface area contributed by atoms with E-state index >= 15 is 0 Å².